The number of aromatic amines is 1. The maximum Gasteiger partial charge on any atom is 0.389 e. The van der Waals surface area contributed by atoms with E-state index in [4.69, 9.17) is 4.98 Å². The fourth-order valence-corrected chi connectivity index (χ4v) is 4.08. The highest BCUT2D eigenvalue weighted by atomic mass is 19.4. The number of aryl methyl sites for hydroxylation is 1. The lowest BCUT2D eigenvalue weighted by atomic mass is 9.90. The molecule has 2 atom stereocenters. The molecule has 5 rings (SSSR count). The number of fused-ring (bicyclic) bond motifs is 1. The second kappa shape index (κ2) is 8.43. The molecule has 0 aliphatic carbocycles. The number of nitrogens with zero attached hydrogens (tertiary/aromatic N) is 7. The highest BCUT2D eigenvalue weighted by Gasteiger charge is 2.31. The number of piperidine rings is 1. The van der Waals surface area contributed by atoms with Gasteiger partial charge in [-0.3, -0.25) is 14.5 Å². The fraction of sp³-hybridized carbons (Fsp3) is 0.381. The van der Waals surface area contributed by atoms with Crippen molar-refractivity contribution in [2.75, 3.05) is 18.0 Å². The van der Waals surface area contributed by atoms with E-state index in [2.05, 4.69) is 30.0 Å². The number of aliphatic hydroxyl groups is 1. The van der Waals surface area contributed by atoms with Crippen LogP contribution in [0.15, 0.2) is 43.2 Å². The van der Waals surface area contributed by atoms with Gasteiger partial charge in [0, 0.05) is 44.0 Å². The minimum absolute atomic E-state index is 0.103. The van der Waals surface area contributed by atoms with Crippen LogP contribution in [0.25, 0.3) is 17.2 Å². The molecule has 1 aliphatic heterocycles. The van der Waals surface area contributed by atoms with E-state index in [1.54, 1.807) is 41.5 Å². The van der Waals surface area contributed by atoms with E-state index in [1.807, 2.05) is 0 Å². The number of nitrogens with one attached hydrogen (secondary N) is 1. The topological polar surface area (TPSA) is 108 Å². The summed E-state index contributed by atoms with van der Waals surface area (Å²) in [4.78, 5) is 19.5. The van der Waals surface area contributed by atoms with Crippen LogP contribution in [0.3, 0.4) is 0 Å². The molecular weight excluding hydrogens is 437 g/mol. The van der Waals surface area contributed by atoms with E-state index >= 15 is 0 Å². The lowest BCUT2D eigenvalue weighted by Crippen LogP contribution is -2.42. The predicted octanol–water partition coefficient (Wildman–Crippen LogP) is 2.76. The first-order valence-corrected chi connectivity index (χ1v) is 10.5. The lowest BCUT2D eigenvalue weighted by molar-refractivity contribution is -0.134. The van der Waals surface area contributed by atoms with E-state index < -0.39 is 18.7 Å². The van der Waals surface area contributed by atoms with Crippen LogP contribution in [-0.4, -0.2) is 65.0 Å². The van der Waals surface area contributed by atoms with E-state index in [0.717, 1.165) is 5.56 Å². The molecule has 0 amide bonds. The second-order valence-corrected chi connectivity index (χ2v) is 8.04. The van der Waals surface area contributed by atoms with Crippen LogP contribution < -0.4 is 4.90 Å². The average Bonchev–Trinajstić information content (AvgIpc) is 3.47. The van der Waals surface area contributed by atoms with Gasteiger partial charge >= 0.3 is 6.18 Å². The number of imidazole rings is 1. The first kappa shape index (κ1) is 21.3. The summed E-state index contributed by atoms with van der Waals surface area (Å²) in [5, 5.41) is 17.2. The number of halogens is 3. The molecular formula is C21H21F3N8O. The summed E-state index contributed by atoms with van der Waals surface area (Å²) in [6.45, 7) is 1.19. The van der Waals surface area contributed by atoms with Crippen molar-refractivity contribution in [1.82, 2.24) is 34.5 Å². The fourth-order valence-electron chi connectivity index (χ4n) is 4.08. The van der Waals surface area contributed by atoms with E-state index in [1.165, 1.54) is 6.20 Å². The Balaban J connectivity index is 1.42. The van der Waals surface area contributed by atoms with Gasteiger partial charge in [0.15, 0.2) is 11.5 Å². The van der Waals surface area contributed by atoms with Crippen molar-refractivity contribution >= 4 is 11.5 Å². The predicted molar refractivity (Wildman–Crippen MR) is 113 cm³/mol. The third-order valence-electron chi connectivity index (χ3n) is 5.83. The third kappa shape index (κ3) is 4.51. The zero-order valence-corrected chi connectivity index (χ0v) is 17.4. The SMILES string of the molecule is OC1CCN(c2ccnc(-c3cnc4cnc(CCC(F)(F)F)cn34)n2)CC1c1cn[nH]c1. The van der Waals surface area contributed by atoms with Gasteiger partial charge in [0.2, 0.25) is 0 Å². The molecule has 1 aliphatic rings. The average molecular weight is 458 g/mol. The molecule has 33 heavy (non-hydrogen) atoms. The molecule has 12 heteroatoms. The van der Waals surface area contributed by atoms with Crippen LogP contribution in [0.4, 0.5) is 19.0 Å². The monoisotopic (exact) mass is 458 g/mol. The lowest BCUT2D eigenvalue weighted by Gasteiger charge is -2.36. The number of rotatable bonds is 5. The highest BCUT2D eigenvalue weighted by Crippen LogP contribution is 2.30. The quantitative estimate of drug-likeness (QED) is 0.473. The molecule has 0 radical (unpaired) electrons. The Kier molecular flexibility index (Phi) is 5.44. The number of anilines is 1. The second-order valence-electron chi connectivity index (χ2n) is 8.04. The Morgan fingerprint density at radius 1 is 1.15 bits per heavy atom. The Bertz CT molecular complexity index is 1240. The Labute approximate surface area is 186 Å². The van der Waals surface area contributed by atoms with Crippen molar-refractivity contribution in [3.05, 3.63) is 54.5 Å². The third-order valence-corrected chi connectivity index (χ3v) is 5.83. The molecule has 9 nitrogen and oxygen atoms in total. The number of hydrogen-bond acceptors (Lipinski definition) is 7. The molecule has 0 bridgehead atoms. The van der Waals surface area contributed by atoms with Crippen LogP contribution >= 0.6 is 0 Å². The molecule has 4 aromatic heterocycles. The molecule has 5 heterocycles. The Hall–Kier alpha value is -3.54. The van der Waals surface area contributed by atoms with Crippen molar-refractivity contribution in [2.24, 2.45) is 0 Å². The first-order valence-electron chi connectivity index (χ1n) is 10.5. The summed E-state index contributed by atoms with van der Waals surface area (Å²) in [7, 11) is 0. The van der Waals surface area contributed by atoms with Crippen molar-refractivity contribution < 1.29 is 18.3 Å². The van der Waals surface area contributed by atoms with E-state index in [-0.39, 0.29) is 12.3 Å². The molecule has 0 spiro atoms. The molecule has 2 unspecified atom stereocenters. The number of aromatic nitrogens is 7. The molecule has 1 fully saturated rings. The van der Waals surface area contributed by atoms with E-state index in [9.17, 15) is 18.3 Å². The largest absolute Gasteiger partial charge is 0.392 e. The van der Waals surface area contributed by atoms with Crippen molar-refractivity contribution in [3.63, 3.8) is 0 Å². The van der Waals surface area contributed by atoms with Crippen LogP contribution in [-0.2, 0) is 6.42 Å². The summed E-state index contributed by atoms with van der Waals surface area (Å²) in [5.41, 5.74) is 2.30. The summed E-state index contributed by atoms with van der Waals surface area (Å²) < 4.78 is 39.5. The molecule has 2 N–H and O–H groups in total. The van der Waals surface area contributed by atoms with Crippen LogP contribution in [0, 0.1) is 0 Å². The number of hydrogen-bond donors (Lipinski definition) is 2. The molecule has 172 valence electrons. The van der Waals surface area contributed by atoms with Crippen molar-refractivity contribution in [3.8, 4) is 11.5 Å². The zero-order chi connectivity index (χ0) is 23.0. The summed E-state index contributed by atoms with van der Waals surface area (Å²) in [6, 6.07) is 1.80. The van der Waals surface area contributed by atoms with Gasteiger partial charge in [0.05, 0.1) is 30.4 Å². The van der Waals surface area contributed by atoms with Gasteiger partial charge in [-0.15, -0.1) is 0 Å². The summed E-state index contributed by atoms with van der Waals surface area (Å²) >= 11 is 0. The van der Waals surface area contributed by atoms with E-state index in [0.29, 0.717) is 48.2 Å². The maximum atomic E-state index is 12.6. The zero-order valence-electron chi connectivity index (χ0n) is 17.4. The standard InChI is InChI=1S/C21H21F3N8O/c22-21(23,24)4-1-14-11-32-16(9-27-19(32)10-26-14)20-25-5-2-18(30-20)31-6-3-17(33)15(12-31)13-7-28-29-8-13/h2,5,7-11,15,17,33H,1,3-4,6,12H2,(H,28,29). The smallest absolute Gasteiger partial charge is 0.389 e. The summed E-state index contributed by atoms with van der Waals surface area (Å²) in [6.07, 6.45) is 4.41. The molecule has 4 aromatic rings. The van der Waals surface area contributed by atoms with Gasteiger partial charge in [-0.1, -0.05) is 0 Å². The van der Waals surface area contributed by atoms with Gasteiger partial charge < -0.3 is 10.0 Å². The van der Waals surface area contributed by atoms with Crippen LogP contribution in [0.1, 0.15) is 30.0 Å². The number of alkyl halides is 3. The van der Waals surface area contributed by atoms with Crippen LogP contribution in [0.2, 0.25) is 0 Å². The van der Waals surface area contributed by atoms with Crippen molar-refractivity contribution in [2.45, 2.75) is 37.5 Å². The number of H-pyrrole nitrogens is 1. The van der Waals surface area contributed by atoms with Gasteiger partial charge in [0.1, 0.15) is 11.5 Å². The number of aliphatic hydroxyl groups excluding tert-OH is 1. The van der Waals surface area contributed by atoms with Crippen LogP contribution in [0.5, 0.6) is 0 Å². The molecule has 0 aromatic carbocycles. The Morgan fingerprint density at radius 3 is 2.82 bits per heavy atom. The van der Waals surface area contributed by atoms with Gasteiger partial charge in [-0.05, 0) is 24.5 Å². The minimum Gasteiger partial charge on any atom is -0.392 e. The molecule has 0 saturated carbocycles. The van der Waals surface area contributed by atoms with Gasteiger partial charge in [0.25, 0.3) is 0 Å². The highest BCUT2D eigenvalue weighted by molar-refractivity contribution is 5.58. The summed E-state index contributed by atoms with van der Waals surface area (Å²) in [5.74, 6) is 0.995. The van der Waals surface area contributed by atoms with Gasteiger partial charge in [-0.25, -0.2) is 15.0 Å². The maximum absolute atomic E-state index is 12.6. The Morgan fingerprint density at radius 2 is 2.03 bits per heavy atom. The minimum atomic E-state index is -4.25. The molecule has 1 saturated heterocycles. The first-order chi connectivity index (χ1) is 15.9. The normalized spacial score (nSPS) is 19.3. The van der Waals surface area contributed by atoms with Gasteiger partial charge in [-0.2, -0.15) is 18.3 Å². The van der Waals surface area contributed by atoms with Crippen molar-refractivity contribution in [1.29, 1.82) is 0 Å².